The van der Waals surface area contributed by atoms with E-state index in [4.69, 9.17) is 5.73 Å². The number of rotatable bonds is 3. The molecule has 0 spiro atoms. The largest absolute Gasteiger partial charge is 0.368 e. The summed E-state index contributed by atoms with van der Waals surface area (Å²) in [5.41, 5.74) is 5.21. The molecule has 1 fully saturated rings. The monoisotopic (exact) mass is 199 g/mol. The van der Waals surface area contributed by atoms with Gasteiger partial charge in [-0.1, -0.05) is 0 Å². The number of nitrogens with two attached hydrogens (primary N) is 1. The molecule has 0 aliphatic carbocycles. The van der Waals surface area contributed by atoms with Gasteiger partial charge in [-0.2, -0.15) is 0 Å². The highest BCUT2D eigenvalue weighted by atomic mass is 16.2. The molecule has 2 unspecified atom stereocenters. The van der Waals surface area contributed by atoms with E-state index >= 15 is 0 Å². The van der Waals surface area contributed by atoms with E-state index < -0.39 is 0 Å². The molecule has 0 radical (unpaired) electrons. The normalized spacial score (nSPS) is 24.6. The first-order valence-corrected chi connectivity index (χ1v) is 4.84. The smallest absolute Gasteiger partial charge is 0.237 e. The van der Waals surface area contributed by atoms with Gasteiger partial charge in [0.2, 0.25) is 11.8 Å². The number of nitrogens with one attached hydrogen (secondary N) is 1. The first-order chi connectivity index (χ1) is 6.57. The van der Waals surface area contributed by atoms with E-state index in [1.54, 1.807) is 14.0 Å². The second-order valence-electron chi connectivity index (χ2n) is 3.59. The molecule has 1 aliphatic rings. The number of carbonyl (C=O) groups excluding carboxylic acids is 2. The fourth-order valence-electron chi connectivity index (χ4n) is 1.86. The number of hydrogen-bond donors (Lipinski definition) is 2. The minimum absolute atomic E-state index is 0.0319. The van der Waals surface area contributed by atoms with Crippen LogP contribution in [-0.2, 0) is 9.59 Å². The van der Waals surface area contributed by atoms with Crippen molar-refractivity contribution in [3.05, 3.63) is 0 Å². The lowest BCUT2D eigenvalue weighted by atomic mass is 10.2. The summed E-state index contributed by atoms with van der Waals surface area (Å²) in [7, 11) is 1.60. The topological polar surface area (TPSA) is 75.4 Å². The van der Waals surface area contributed by atoms with Gasteiger partial charge in [0.25, 0.3) is 0 Å². The zero-order chi connectivity index (χ0) is 10.7. The van der Waals surface area contributed by atoms with Crippen molar-refractivity contribution in [3.63, 3.8) is 0 Å². The fourth-order valence-corrected chi connectivity index (χ4v) is 1.86. The van der Waals surface area contributed by atoms with Crippen LogP contribution >= 0.6 is 0 Å². The zero-order valence-electron chi connectivity index (χ0n) is 8.62. The van der Waals surface area contributed by atoms with E-state index in [2.05, 4.69) is 5.32 Å². The number of likely N-dealkylation sites (N-methyl/N-ethyl adjacent to an activating group) is 1. The van der Waals surface area contributed by atoms with Crippen molar-refractivity contribution in [3.8, 4) is 0 Å². The fraction of sp³-hybridized carbons (Fsp3) is 0.778. The van der Waals surface area contributed by atoms with Gasteiger partial charge in [-0.25, -0.2) is 0 Å². The van der Waals surface area contributed by atoms with Crippen LogP contribution in [0.25, 0.3) is 0 Å². The highest BCUT2D eigenvalue weighted by molar-refractivity contribution is 5.84. The third-order valence-electron chi connectivity index (χ3n) is 2.75. The molecule has 0 saturated carbocycles. The molecular formula is C9H17N3O2. The van der Waals surface area contributed by atoms with Gasteiger partial charge in [0.1, 0.15) is 0 Å². The maximum Gasteiger partial charge on any atom is 0.237 e. The van der Waals surface area contributed by atoms with Crippen molar-refractivity contribution in [1.29, 1.82) is 0 Å². The van der Waals surface area contributed by atoms with Gasteiger partial charge < -0.3 is 11.1 Å². The molecule has 0 bridgehead atoms. The summed E-state index contributed by atoms with van der Waals surface area (Å²) in [6.07, 6.45) is 1.74. The Morgan fingerprint density at radius 3 is 2.71 bits per heavy atom. The summed E-state index contributed by atoms with van der Waals surface area (Å²) in [6.45, 7) is 2.51. The summed E-state index contributed by atoms with van der Waals surface area (Å²) in [5.74, 6) is -0.406. The predicted octanol–water partition coefficient (Wildman–Crippen LogP) is -0.929. The first-order valence-electron chi connectivity index (χ1n) is 4.84. The van der Waals surface area contributed by atoms with Gasteiger partial charge in [-0.05, 0) is 26.3 Å². The standard InChI is InChI=1S/C9H17N3O2/c1-6(8(10)13)12-5-3-4-7(12)9(14)11-2/h6-7H,3-5H2,1-2H3,(H2,10,13)(H,11,14). The molecule has 1 heterocycles. The van der Waals surface area contributed by atoms with Crippen molar-refractivity contribution in [1.82, 2.24) is 10.2 Å². The van der Waals surface area contributed by atoms with E-state index in [-0.39, 0.29) is 23.9 Å². The Kier molecular flexibility index (Phi) is 3.46. The average molecular weight is 199 g/mol. The molecule has 1 rings (SSSR count). The molecule has 14 heavy (non-hydrogen) atoms. The Hall–Kier alpha value is -1.10. The molecule has 2 atom stereocenters. The molecular weight excluding hydrogens is 182 g/mol. The molecule has 1 aliphatic heterocycles. The van der Waals surface area contributed by atoms with Crippen LogP contribution in [0.4, 0.5) is 0 Å². The Balaban J connectivity index is 2.68. The van der Waals surface area contributed by atoms with Crippen molar-refractivity contribution in [2.24, 2.45) is 5.73 Å². The highest BCUT2D eigenvalue weighted by Crippen LogP contribution is 2.19. The average Bonchev–Trinajstić information content (AvgIpc) is 2.63. The summed E-state index contributed by atoms with van der Waals surface area (Å²) in [5, 5.41) is 2.60. The summed E-state index contributed by atoms with van der Waals surface area (Å²) in [6, 6.07) is -0.553. The molecule has 80 valence electrons. The maximum atomic E-state index is 11.4. The third-order valence-corrected chi connectivity index (χ3v) is 2.75. The Morgan fingerprint density at radius 2 is 2.21 bits per heavy atom. The predicted molar refractivity (Wildman–Crippen MR) is 52.5 cm³/mol. The van der Waals surface area contributed by atoms with Crippen molar-refractivity contribution >= 4 is 11.8 Å². The van der Waals surface area contributed by atoms with Crippen molar-refractivity contribution in [2.45, 2.75) is 31.8 Å². The molecule has 0 aromatic carbocycles. The number of nitrogens with zero attached hydrogens (tertiary/aromatic N) is 1. The minimum Gasteiger partial charge on any atom is -0.368 e. The molecule has 0 aromatic rings. The van der Waals surface area contributed by atoms with Gasteiger partial charge >= 0.3 is 0 Å². The van der Waals surface area contributed by atoms with Crippen LogP contribution in [0.2, 0.25) is 0 Å². The lowest BCUT2D eigenvalue weighted by Crippen LogP contribution is -2.50. The van der Waals surface area contributed by atoms with E-state index in [1.807, 2.05) is 4.90 Å². The van der Waals surface area contributed by atoms with Crippen LogP contribution in [0.5, 0.6) is 0 Å². The summed E-state index contributed by atoms with van der Waals surface area (Å²) < 4.78 is 0. The van der Waals surface area contributed by atoms with E-state index in [0.29, 0.717) is 0 Å². The van der Waals surface area contributed by atoms with Gasteiger partial charge in [0.15, 0.2) is 0 Å². The molecule has 3 N–H and O–H groups in total. The lowest BCUT2D eigenvalue weighted by molar-refractivity contribution is -0.128. The van der Waals surface area contributed by atoms with E-state index in [1.165, 1.54) is 0 Å². The van der Waals surface area contributed by atoms with Crippen LogP contribution < -0.4 is 11.1 Å². The second-order valence-corrected chi connectivity index (χ2v) is 3.59. The van der Waals surface area contributed by atoms with E-state index in [9.17, 15) is 9.59 Å². The molecule has 5 nitrogen and oxygen atoms in total. The van der Waals surface area contributed by atoms with Gasteiger partial charge in [0, 0.05) is 7.05 Å². The Bertz CT molecular complexity index is 242. The lowest BCUT2D eigenvalue weighted by Gasteiger charge is -2.27. The number of carbonyl (C=O) groups is 2. The van der Waals surface area contributed by atoms with Gasteiger partial charge in [-0.3, -0.25) is 14.5 Å². The molecule has 2 amide bonds. The summed E-state index contributed by atoms with van der Waals surface area (Å²) >= 11 is 0. The van der Waals surface area contributed by atoms with E-state index in [0.717, 1.165) is 19.4 Å². The zero-order valence-corrected chi connectivity index (χ0v) is 8.62. The number of hydrogen-bond acceptors (Lipinski definition) is 3. The van der Waals surface area contributed by atoms with Crippen molar-refractivity contribution in [2.75, 3.05) is 13.6 Å². The van der Waals surface area contributed by atoms with Crippen LogP contribution in [0, 0.1) is 0 Å². The molecule has 1 saturated heterocycles. The van der Waals surface area contributed by atoms with Gasteiger partial charge in [-0.15, -0.1) is 0 Å². The van der Waals surface area contributed by atoms with Crippen LogP contribution in [0.3, 0.4) is 0 Å². The Morgan fingerprint density at radius 1 is 1.57 bits per heavy atom. The van der Waals surface area contributed by atoms with Crippen LogP contribution in [-0.4, -0.2) is 42.4 Å². The maximum absolute atomic E-state index is 11.4. The minimum atomic E-state index is -0.374. The SMILES string of the molecule is CNC(=O)C1CCCN1C(C)C(N)=O. The summed E-state index contributed by atoms with van der Waals surface area (Å²) in [4.78, 5) is 24.3. The molecule has 5 heteroatoms. The Labute approximate surface area is 83.6 Å². The van der Waals surface area contributed by atoms with Crippen molar-refractivity contribution < 1.29 is 9.59 Å². The number of likely N-dealkylation sites (tertiary alicyclic amines) is 1. The van der Waals surface area contributed by atoms with Crippen LogP contribution in [0.15, 0.2) is 0 Å². The molecule has 0 aromatic heterocycles. The van der Waals surface area contributed by atoms with Gasteiger partial charge in [0.05, 0.1) is 12.1 Å². The first kappa shape index (κ1) is 11.0. The van der Waals surface area contributed by atoms with Crippen LogP contribution in [0.1, 0.15) is 19.8 Å². The highest BCUT2D eigenvalue weighted by Gasteiger charge is 2.34. The third kappa shape index (κ3) is 2.04. The quantitative estimate of drug-likeness (QED) is 0.616. The number of amides is 2. The number of primary amides is 1. The second kappa shape index (κ2) is 4.41.